The van der Waals surface area contributed by atoms with Gasteiger partial charge in [0, 0.05) is 12.3 Å². The van der Waals surface area contributed by atoms with E-state index >= 15 is 0 Å². The Balaban J connectivity index is 1.44. The normalized spacial score (nSPS) is 19.5. The summed E-state index contributed by atoms with van der Waals surface area (Å²) in [5.74, 6) is 1.53. The summed E-state index contributed by atoms with van der Waals surface area (Å²) in [6.45, 7) is 1.28. The van der Waals surface area contributed by atoms with E-state index in [0.29, 0.717) is 29.9 Å². The van der Waals surface area contributed by atoms with E-state index in [1.54, 1.807) is 18.3 Å². The lowest BCUT2D eigenvalue weighted by molar-refractivity contribution is 0.0442. The molecule has 0 N–H and O–H groups in total. The van der Waals surface area contributed by atoms with E-state index in [9.17, 15) is 4.79 Å². The first kappa shape index (κ1) is 15.3. The van der Waals surface area contributed by atoms with Crippen molar-refractivity contribution < 1.29 is 14.3 Å². The second-order valence-electron chi connectivity index (χ2n) is 6.60. The van der Waals surface area contributed by atoms with Crippen molar-refractivity contribution in [3.05, 3.63) is 23.9 Å². The van der Waals surface area contributed by atoms with Crippen LogP contribution in [0.15, 0.2) is 18.3 Å². The van der Waals surface area contributed by atoms with Crippen molar-refractivity contribution in [1.29, 1.82) is 0 Å². The predicted octanol–water partition coefficient (Wildman–Crippen LogP) is 4.00. The fraction of sp³-hybridized carbons (Fsp3) is 0.667. The number of nitrogens with zero attached hydrogens (tertiary/aromatic N) is 1. The predicted molar refractivity (Wildman–Crippen MR) is 83.9 cm³/mol. The van der Waals surface area contributed by atoms with Gasteiger partial charge in [0.2, 0.25) is 5.88 Å². The summed E-state index contributed by atoms with van der Waals surface area (Å²) >= 11 is 0. The molecule has 3 rings (SSSR count). The quantitative estimate of drug-likeness (QED) is 0.745. The van der Waals surface area contributed by atoms with Gasteiger partial charge < -0.3 is 9.47 Å². The molecule has 2 aliphatic carbocycles. The van der Waals surface area contributed by atoms with E-state index in [1.807, 2.05) is 0 Å². The standard InChI is InChI=1S/C18H25NO3/c20-18(22-13-15-7-3-4-8-15)16-9-10-17(19-11-16)21-12-14-5-1-2-6-14/h9-11,14-15H,1-8,12-13H2. The molecule has 0 aliphatic heterocycles. The van der Waals surface area contributed by atoms with Crippen LogP contribution in [-0.4, -0.2) is 24.2 Å². The van der Waals surface area contributed by atoms with Gasteiger partial charge in [0.15, 0.2) is 0 Å². The van der Waals surface area contributed by atoms with Gasteiger partial charge in [-0.15, -0.1) is 0 Å². The molecule has 0 saturated heterocycles. The molecule has 2 fully saturated rings. The molecule has 0 unspecified atom stereocenters. The molecule has 0 radical (unpaired) electrons. The van der Waals surface area contributed by atoms with Crippen LogP contribution < -0.4 is 4.74 Å². The fourth-order valence-electron chi connectivity index (χ4n) is 3.42. The number of esters is 1. The molecule has 2 aliphatic rings. The molecule has 0 spiro atoms. The molecule has 1 aromatic rings. The Kier molecular flexibility index (Phi) is 5.30. The number of aromatic nitrogens is 1. The van der Waals surface area contributed by atoms with Gasteiger partial charge in [0.05, 0.1) is 18.8 Å². The first-order valence-electron chi connectivity index (χ1n) is 8.57. The fourth-order valence-corrected chi connectivity index (χ4v) is 3.42. The van der Waals surface area contributed by atoms with Crippen molar-refractivity contribution in [3.63, 3.8) is 0 Å². The zero-order chi connectivity index (χ0) is 15.2. The molecule has 1 aromatic heterocycles. The van der Waals surface area contributed by atoms with Gasteiger partial charge in [-0.05, 0) is 43.6 Å². The van der Waals surface area contributed by atoms with Gasteiger partial charge in [0.25, 0.3) is 0 Å². The molecule has 4 heteroatoms. The first-order valence-corrected chi connectivity index (χ1v) is 8.57. The van der Waals surface area contributed by atoms with Gasteiger partial charge in [-0.3, -0.25) is 0 Å². The van der Waals surface area contributed by atoms with Crippen LogP contribution in [-0.2, 0) is 4.74 Å². The Hall–Kier alpha value is -1.58. The Morgan fingerprint density at radius 3 is 2.23 bits per heavy atom. The molecule has 120 valence electrons. The zero-order valence-electron chi connectivity index (χ0n) is 13.1. The van der Waals surface area contributed by atoms with Crippen molar-refractivity contribution in [1.82, 2.24) is 4.98 Å². The van der Waals surface area contributed by atoms with E-state index in [2.05, 4.69) is 4.98 Å². The molecule has 2 saturated carbocycles. The van der Waals surface area contributed by atoms with Crippen LogP contribution in [0.5, 0.6) is 5.88 Å². The number of hydrogen-bond acceptors (Lipinski definition) is 4. The first-order chi connectivity index (χ1) is 10.8. The summed E-state index contributed by atoms with van der Waals surface area (Å²) in [5, 5.41) is 0. The lowest BCUT2D eigenvalue weighted by Crippen LogP contribution is -2.13. The molecular formula is C18H25NO3. The summed E-state index contributed by atoms with van der Waals surface area (Å²) in [5.41, 5.74) is 0.506. The minimum absolute atomic E-state index is 0.276. The topological polar surface area (TPSA) is 48.4 Å². The van der Waals surface area contributed by atoms with E-state index in [0.717, 1.165) is 6.61 Å². The van der Waals surface area contributed by atoms with Crippen LogP contribution in [0.1, 0.15) is 61.7 Å². The number of hydrogen-bond donors (Lipinski definition) is 0. The SMILES string of the molecule is O=C(OCC1CCCC1)c1ccc(OCC2CCCC2)nc1. The Labute approximate surface area is 132 Å². The molecule has 0 amide bonds. The second kappa shape index (κ2) is 7.61. The lowest BCUT2D eigenvalue weighted by Gasteiger charge is -2.11. The Bertz CT molecular complexity index is 474. The van der Waals surface area contributed by atoms with Crippen LogP contribution in [0.2, 0.25) is 0 Å². The van der Waals surface area contributed by atoms with Gasteiger partial charge >= 0.3 is 5.97 Å². The Morgan fingerprint density at radius 2 is 1.64 bits per heavy atom. The maximum Gasteiger partial charge on any atom is 0.339 e. The van der Waals surface area contributed by atoms with Gasteiger partial charge in [-0.25, -0.2) is 9.78 Å². The molecule has 22 heavy (non-hydrogen) atoms. The minimum atomic E-state index is -0.276. The maximum atomic E-state index is 12.0. The largest absolute Gasteiger partial charge is 0.477 e. The summed E-state index contributed by atoms with van der Waals surface area (Å²) in [6, 6.07) is 3.51. The van der Waals surface area contributed by atoms with Crippen LogP contribution in [0.3, 0.4) is 0 Å². The van der Waals surface area contributed by atoms with Crippen LogP contribution in [0.4, 0.5) is 0 Å². The van der Waals surface area contributed by atoms with Crippen molar-refractivity contribution in [2.75, 3.05) is 13.2 Å². The minimum Gasteiger partial charge on any atom is -0.477 e. The smallest absolute Gasteiger partial charge is 0.339 e. The lowest BCUT2D eigenvalue weighted by atomic mass is 10.1. The number of pyridine rings is 1. The highest BCUT2D eigenvalue weighted by Gasteiger charge is 2.18. The van der Waals surface area contributed by atoms with E-state index in [-0.39, 0.29) is 5.97 Å². The zero-order valence-corrected chi connectivity index (χ0v) is 13.1. The van der Waals surface area contributed by atoms with Crippen LogP contribution >= 0.6 is 0 Å². The molecule has 0 atom stereocenters. The van der Waals surface area contributed by atoms with Crippen LogP contribution in [0, 0.1) is 11.8 Å². The summed E-state index contributed by atoms with van der Waals surface area (Å²) in [6.07, 6.45) is 11.6. The van der Waals surface area contributed by atoms with E-state index < -0.39 is 0 Å². The Morgan fingerprint density at radius 1 is 1.00 bits per heavy atom. The second-order valence-corrected chi connectivity index (χ2v) is 6.60. The van der Waals surface area contributed by atoms with Crippen molar-refractivity contribution in [2.45, 2.75) is 51.4 Å². The molecule has 0 aromatic carbocycles. The van der Waals surface area contributed by atoms with E-state index in [4.69, 9.17) is 9.47 Å². The third kappa shape index (κ3) is 4.21. The van der Waals surface area contributed by atoms with Gasteiger partial charge in [-0.1, -0.05) is 25.7 Å². The molecule has 0 bridgehead atoms. The summed E-state index contributed by atoms with van der Waals surface area (Å²) < 4.78 is 11.1. The summed E-state index contributed by atoms with van der Waals surface area (Å²) in [4.78, 5) is 16.2. The number of carbonyl (C=O) groups is 1. The summed E-state index contributed by atoms with van der Waals surface area (Å²) in [7, 11) is 0. The van der Waals surface area contributed by atoms with Crippen molar-refractivity contribution >= 4 is 5.97 Å². The van der Waals surface area contributed by atoms with E-state index in [1.165, 1.54) is 51.4 Å². The number of rotatable bonds is 6. The van der Waals surface area contributed by atoms with Gasteiger partial charge in [0.1, 0.15) is 0 Å². The number of carbonyl (C=O) groups excluding carboxylic acids is 1. The van der Waals surface area contributed by atoms with Gasteiger partial charge in [-0.2, -0.15) is 0 Å². The highest BCUT2D eigenvalue weighted by Crippen LogP contribution is 2.26. The average molecular weight is 303 g/mol. The van der Waals surface area contributed by atoms with Crippen molar-refractivity contribution in [3.8, 4) is 5.88 Å². The number of ether oxygens (including phenoxy) is 2. The third-order valence-corrected chi connectivity index (χ3v) is 4.84. The monoisotopic (exact) mass is 303 g/mol. The highest BCUT2D eigenvalue weighted by atomic mass is 16.5. The third-order valence-electron chi connectivity index (χ3n) is 4.84. The van der Waals surface area contributed by atoms with Crippen molar-refractivity contribution in [2.24, 2.45) is 11.8 Å². The molecule has 1 heterocycles. The maximum absolute atomic E-state index is 12.0. The average Bonchev–Trinajstić information content (AvgIpc) is 3.24. The molecule has 4 nitrogen and oxygen atoms in total. The highest BCUT2D eigenvalue weighted by molar-refractivity contribution is 5.89. The van der Waals surface area contributed by atoms with Crippen LogP contribution in [0.25, 0.3) is 0 Å². The molecular weight excluding hydrogens is 278 g/mol.